The molecule has 13 heavy (non-hydrogen) atoms. The number of hydrogen-bond acceptors (Lipinski definition) is 1. The first-order valence-electron chi connectivity index (χ1n) is 4.49. The van der Waals surface area contributed by atoms with Gasteiger partial charge in [-0.1, -0.05) is 12.1 Å². The van der Waals surface area contributed by atoms with Gasteiger partial charge >= 0.3 is 0 Å². The van der Waals surface area contributed by atoms with Gasteiger partial charge in [0.2, 0.25) is 0 Å². The molecule has 0 radical (unpaired) electrons. The van der Waals surface area contributed by atoms with Gasteiger partial charge in [-0.2, -0.15) is 0 Å². The second kappa shape index (κ2) is 4.57. The molecule has 0 amide bonds. The van der Waals surface area contributed by atoms with E-state index in [1.165, 1.54) is 16.8 Å². The molecule has 0 atom stereocenters. The predicted octanol–water partition coefficient (Wildman–Crippen LogP) is 2.74. The lowest BCUT2D eigenvalue weighted by atomic mass is 10.1. The molecule has 0 aliphatic carbocycles. The summed E-state index contributed by atoms with van der Waals surface area (Å²) in [7, 11) is 0. The molecule has 0 aromatic heterocycles. The Balaban J connectivity index is 2.67. The molecule has 0 heterocycles. The van der Waals surface area contributed by atoms with Crippen molar-refractivity contribution in [3.05, 3.63) is 29.3 Å². The molecular formula is C12H15N. The van der Waals surface area contributed by atoms with Crippen LogP contribution >= 0.6 is 0 Å². The summed E-state index contributed by atoms with van der Waals surface area (Å²) in [6.45, 7) is 5.08. The first-order chi connectivity index (χ1) is 6.25. The van der Waals surface area contributed by atoms with E-state index in [0.29, 0.717) is 0 Å². The molecule has 0 saturated heterocycles. The molecule has 0 aliphatic heterocycles. The van der Waals surface area contributed by atoms with Gasteiger partial charge in [-0.3, -0.25) is 0 Å². The molecule has 1 aromatic rings. The summed E-state index contributed by atoms with van der Waals surface area (Å²) in [6, 6.07) is 6.25. The van der Waals surface area contributed by atoms with Crippen LogP contribution in [0, 0.1) is 26.2 Å². The van der Waals surface area contributed by atoms with Crippen LogP contribution in [0.1, 0.15) is 17.5 Å². The summed E-state index contributed by atoms with van der Waals surface area (Å²) >= 11 is 0. The Morgan fingerprint density at radius 3 is 2.85 bits per heavy atom. The minimum atomic E-state index is 0.771. The zero-order chi connectivity index (χ0) is 9.68. The lowest BCUT2D eigenvalue weighted by molar-refractivity contribution is 1.09. The minimum Gasteiger partial charge on any atom is -0.384 e. The second-order valence-corrected chi connectivity index (χ2v) is 3.13. The normalized spacial score (nSPS) is 9.31. The van der Waals surface area contributed by atoms with E-state index in [1.54, 1.807) is 0 Å². The van der Waals surface area contributed by atoms with E-state index in [4.69, 9.17) is 6.42 Å². The highest BCUT2D eigenvalue weighted by Crippen LogP contribution is 2.17. The molecule has 1 rings (SSSR count). The quantitative estimate of drug-likeness (QED) is 0.547. The van der Waals surface area contributed by atoms with E-state index < -0.39 is 0 Å². The monoisotopic (exact) mass is 173 g/mol. The third-order valence-corrected chi connectivity index (χ3v) is 2.19. The van der Waals surface area contributed by atoms with Crippen LogP contribution in [0.3, 0.4) is 0 Å². The maximum absolute atomic E-state index is 5.17. The van der Waals surface area contributed by atoms with Gasteiger partial charge < -0.3 is 5.32 Å². The van der Waals surface area contributed by atoms with Crippen LogP contribution in [-0.2, 0) is 0 Å². The van der Waals surface area contributed by atoms with Crippen molar-refractivity contribution in [3.63, 3.8) is 0 Å². The van der Waals surface area contributed by atoms with Gasteiger partial charge in [0.05, 0.1) is 0 Å². The van der Waals surface area contributed by atoms with Crippen LogP contribution in [0.15, 0.2) is 18.2 Å². The van der Waals surface area contributed by atoms with Crippen molar-refractivity contribution in [2.24, 2.45) is 0 Å². The molecule has 68 valence electrons. The van der Waals surface area contributed by atoms with Gasteiger partial charge in [-0.25, -0.2) is 0 Å². The van der Waals surface area contributed by atoms with Crippen LogP contribution in [0.2, 0.25) is 0 Å². The zero-order valence-electron chi connectivity index (χ0n) is 8.22. The predicted molar refractivity (Wildman–Crippen MR) is 57.9 cm³/mol. The van der Waals surface area contributed by atoms with Gasteiger partial charge in [0, 0.05) is 18.7 Å². The van der Waals surface area contributed by atoms with E-state index in [1.807, 2.05) is 0 Å². The number of rotatable bonds is 3. The number of hydrogen-bond donors (Lipinski definition) is 1. The van der Waals surface area contributed by atoms with Crippen molar-refractivity contribution < 1.29 is 0 Å². The number of nitrogens with one attached hydrogen (secondary N) is 1. The van der Waals surface area contributed by atoms with E-state index in [9.17, 15) is 0 Å². The summed E-state index contributed by atoms with van der Waals surface area (Å²) in [5, 5.41) is 3.31. The lowest BCUT2D eigenvalue weighted by Crippen LogP contribution is -2.02. The Kier molecular flexibility index (Phi) is 3.40. The van der Waals surface area contributed by atoms with Crippen LogP contribution < -0.4 is 5.32 Å². The SMILES string of the molecule is C#CCCNc1cccc(C)c1C. The van der Waals surface area contributed by atoms with E-state index >= 15 is 0 Å². The van der Waals surface area contributed by atoms with Crippen molar-refractivity contribution in [3.8, 4) is 12.3 Å². The Labute approximate surface area is 80.2 Å². The van der Waals surface area contributed by atoms with Crippen molar-refractivity contribution in [1.82, 2.24) is 0 Å². The molecule has 0 fully saturated rings. The third kappa shape index (κ3) is 2.52. The van der Waals surface area contributed by atoms with Gasteiger partial charge in [-0.15, -0.1) is 12.3 Å². The topological polar surface area (TPSA) is 12.0 Å². The molecule has 0 spiro atoms. The summed E-state index contributed by atoms with van der Waals surface area (Å²) in [6.07, 6.45) is 5.94. The number of anilines is 1. The standard InChI is InChI=1S/C12H15N/c1-4-5-9-13-12-8-6-7-10(2)11(12)3/h1,6-8,13H,5,9H2,2-3H3. The van der Waals surface area contributed by atoms with Gasteiger partial charge in [0.15, 0.2) is 0 Å². The average molecular weight is 173 g/mol. The molecule has 1 N–H and O–H groups in total. The minimum absolute atomic E-state index is 0.771. The molecule has 1 heteroatoms. The summed E-state index contributed by atoms with van der Waals surface area (Å²) < 4.78 is 0. The van der Waals surface area contributed by atoms with Gasteiger partial charge in [0.25, 0.3) is 0 Å². The fourth-order valence-corrected chi connectivity index (χ4v) is 1.21. The molecule has 0 saturated carbocycles. The highest BCUT2D eigenvalue weighted by atomic mass is 14.9. The largest absolute Gasteiger partial charge is 0.384 e. The zero-order valence-corrected chi connectivity index (χ0v) is 8.22. The van der Waals surface area contributed by atoms with Gasteiger partial charge in [0.1, 0.15) is 0 Å². The maximum atomic E-state index is 5.17. The number of terminal acetylenes is 1. The number of aryl methyl sites for hydroxylation is 1. The van der Waals surface area contributed by atoms with E-state index in [-0.39, 0.29) is 0 Å². The van der Waals surface area contributed by atoms with Crippen molar-refractivity contribution in [1.29, 1.82) is 0 Å². The van der Waals surface area contributed by atoms with Crippen molar-refractivity contribution >= 4 is 5.69 Å². The lowest BCUT2D eigenvalue weighted by Gasteiger charge is -2.09. The fourth-order valence-electron chi connectivity index (χ4n) is 1.21. The van der Waals surface area contributed by atoms with E-state index in [2.05, 4.69) is 43.3 Å². The molecular weight excluding hydrogens is 158 g/mol. The Hall–Kier alpha value is -1.42. The summed E-state index contributed by atoms with van der Waals surface area (Å²) in [5.74, 6) is 2.61. The molecule has 1 aromatic carbocycles. The number of benzene rings is 1. The van der Waals surface area contributed by atoms with Crippen molar-refractivity contribution in [2.75, 3.05) is 11.9 Å². The smallest absolute Gasteiger partial charge is 0.0372 e. The second-order valence-electron chi connectivity index (χ2n) is 3.13. The summed E-state index contributed by atoms with van der Waals surface area (Å²) in [4.78, 5) is 0. The van der Waals surface area contributed by atoms with Crippen molar-refractivity contribution in [2.45, 2.75) is 20.3 Å². The maximum Gasteiger partial charge on any atom is 0.0372 e. The first kappa shape index (κ1) is 9.67. The van der Waals surface area contributed by atoms with Crippen LogP contribution in [0.4, 0.5) is 5.69 Å². The van der Waals surface area contributed by atoms with Crippen LogP contribution in [0.5, 0.6) is 0 Å². The Bertz CT molecular complexity index is 320. The highest BCUT2D eigenvalue weighted by Gasteiger charge is 1.97. The van der Waals surface area contributed by atoms with Crippen LogP contribution in [0.25, 0.3) is 0 Å². The molecule has 0 unspecified atom stereocenters. The van der Waals surface area contributed by atoms with Gasteiger partial charge in [-0.05, 0) is 31.0 Å². The highest BCUT2D eigenvalue weighted by molar-refractivity contribution is 5.53. The Morgan fingerprint density at radius 2 is 2.15 bits per heavy atom. The average Bonchev–Trinajstić information content (AvgIpc) is 2.13. The fraction of sp³-hybridized carbons (Fsp3) is 0.333. The molecule has 0 bridgehead atoms. The van der Waals surface area contributed by atoms with E-state index in [0.717, 1.165) is 13.0 Å². The first-order valence-corrected chi connectivity index (χ1v) is 4.49. The summed E-state index contributed by atoms with van der Waals surface area (Å²) in [5.41, 5.74) is 3.81. The third-order valence-electron chi connectivity index (χ3n) is 2.19. The molecule has 0 aliphatic rings. The molecule has 1 nitrogen and oxygen atoms in total. The van der Waals surface area contributed by atoms with Crippen LogP contribution in [-0.4, -0.2) is 6.54 Å². The Morgan fingerprint density at radius 1 is 1.38 bits per heavy atom.